The van der Waals surface area contributed by atoms with Crippen LogP contribution in [0.4, 0.5) is 0 Å². The number of nitrogens with one attached hydrogen (secondary N) is 1. The fraction of sp³-hybridized carbons (Fsp3) is 0.316. The molecule has 4 heterocycles. The number of furan rings is 1. The zero-order valence-corrected chi connectivity index (χ0v) is 17.4. The highest BCUT2D eigenvalue weighted by Crippen LogP contribution is 2.26. The number of thiazole rings is 1. The second kappa shape index (κ2) is 8.05. The summed E-state index contributed by atoms with van der Waals surface area (Å²) in [7, 11) is -3.63. The van der Waals surface area contributed by atoms with Gasteiger partial charge in [-0.1, -0.05) is 0 Å². The number of carbonyl (C=O) groups is 1. The highest BCUT2D eigenvalue weighted by atomic mass is 32.2. The molecule has 0 saturated carbocycles. The third kappa shape index (κ3) is 4.09. The molecule has 3 aromatic heterocycles. The van der Waals surface area contributed by atoms with Crippen molar-refractivity contribution in [2.45, 2.75) is 31.2 Å². The maximum Gasteiger partial charge on any atom is 0.287 e. The van der Waals surface area contributed by atoms with Crippen LogP contribution in [-0.4, -0.2) is 41.7 Å². The molecule has 0 aliphatic carbocycles. The maximum absolute atomic E-state index is 12.7. The lowest BCUT2D eigenvalue weighted by atomic mass is 10.2. The lowest BCUT2D eigenvalue weighted by Gasteiger charge is -2.14. The van der Waals surface area contributed by atoms with Gasteiger partial charge < -0.3 is 9.73 Å². The summed E-state index contributed by atoms with van der Waals surface area (Å²) in [6.07, 6.45) is 5.09. The van der Waals surface area contributed by atoms with Crippen LogP contribution >= 0.6 is 11.3 Å². The van der Waals surface area contributed by atoms with Gasteiger partial charge in [0.1, 0.15) is 15.7 Å². The number of carbonyl (C=O) groups excluding carboxylic acids is 1. The van der Waals surface area contributed by atoms with Crippen LogP contribution in [0.15, 0.2) is 45.3 Å². The highest BCUT2D eigenvalue weighted by Gasteiger charge is 2.31. The van der Waals surface area contributed by atoms with Gasteiger partial charge in [-0.2, -0.15) is 4.31 Å². The Kier molecular flexibility index (Phi) is 5.48. The average molecular weight is 433 g/mol. The van der Waals surface area contributed by atoms with E-state index in [9.17, 15) is 13.2 Å². The summed E-state index contributed by atoms with van der Waals surface area (Å²) < 4.78 is 32.3. The summed E-state index contributed by atoms with van der Waals surface area (Å²) in [4.78, 5) is 21.0. The van der Waals surface area contributed by atoms with Crippen molar-refractivity contribution in [3.8, 4) is 11.3 Å². The van der Waals surface area contributed by atoms with Gasteiger partial charge >= 0.3 is 0 Å². The second-order valence-corrected chi connectivity index (χ2v) is 9.54. The Morgan fingerprint density at radius 1 is 1.28 bits per heavy atom. The van der Waals surface area contributed by atoms with Crippen LogP contribution in [0.25, 0.3) is 11.3 Å². The van der Waals surface area contributed by atoms with Crippen LogP contribution in [0.5, 0.6) is 0 Å². The fourth-order valence-corrected chi connectivity index (χ4v) is 5.61. The van der Waals surface area contributed by atoms with E-state index in [1.54, 1.807) is 19.3 Å². The van der Waals surface area contributed by atoms with Gasteiger partial charge in [0, 0.05) is 42.5 Å². The fourth-order valence-electron chi connectivity index (χ4n) is 3.19. The van der Waals surface area contributed by atoms with Crippen molar-refractivity contribution in [3.63, 3.8) is 0 Å². The van der Waals surface area contributed by atoms with Crippen molar-refractivity contribution in [3.05, 3.63) is 52.5 Å². The van der Waals surface area contributed by atoms with Gasteiger partial charge in [0.05, 0.1) is 12.2 Å². The number of rotatable bonds is 6. The molecule has 0 bridgehead atoms. The van der Waals surface area contributed by atoms with E-state index >= 15 is 0 Å². The molecule has 1 aliphatic rings. The van der Waals surface area contributed by atoms with Crippen molar-refractivity contribution in [1.82, 2.24) is 19.6 Å². The quantitative estimate of drug-likeness (QED) is 0.642. The Morgan fingerprint density at radius 2 is 2.00 bits per heavy atom. The van der Waals surface area contributed by atoms with Gasteiger partial charge in [-0.05, 0) is 31.9 Å². The summed E-state index contributed by atoms with van der Waals surface area (Å²) in [6.45, 7) is 2.78. The molecule has 0 radical (unpaired) electrons. The second-order valence-electron chi connectivity index (χ2n) is 6.69. The van der Waals surface area contributed by atoms with Crippen molar-refractivity contribution in [1.29, 1.82) is 0 Å². The third-order valence-corrected chi connectivity index (χ3v) is 7.56. The Morgan fingerprint density at radius 3 is 2.72 bits per heavy atom. The van der Waals surface area contributed by atoms with E-state index in [4.69, 9.17) is 4.42 Å². The molecule has 1 aliphatic heterocycles. The number of aryl methyl sites for hydroxylation is 1. The van der Waals surface area contributed by atoms with Crippen molar-refractivity contribution >= 4 is 27.3 Å². The summed E-state index contributed by atoms with van der Waals surface area (Å²) in [5.74, 6) is -0.279. The first-order valence-electron chi connectivity index (χ1n) is 9.19. The first-order valence-corrected chi connectivity index (χ1v) is 11.5. The minimum atomic E-state index is -3.63. The van der Waals surface area contributed by atoms with E-state index in [0.29, 0.717) is 13.1 Å². The molecule has 152 valence electrons. The predicted molar refractivity (Wildman–Crippen MR) is 108 cm³/mol. The maximum atomic E-state index is 12.7. The number of hydrogen-bond donors (Lipinski definition) is 1. The van der Waals surface area contributed by atoms with Crippen molar-refractivity contribution in [2.24, 2.45) is 0 Å². The van der Waals surface area contributed by atoms with E-state index in [2.05, 4.69) is 15.3 Å². The number of nitrogens with zero attached hydrogens (tertiary/aromatic N) is 3. The van der Waals surface area contributed by atoms with E-state index in [0.717, 1.165) is 29.1 Å². The highest BCUT2D eigenvalue weighted by molar-refractivity contribution is 7.89. The summed E-state index contributed by atoms with van der Waals surface area (Å²) >= 11 is 1.43. The lowest BCUT2D eigenvalue weighted by Crippen LogP contribution is -2.28. The van der Waals surface area contributed by atoms with E-state index in [1.807, 2.05) is 17.5 Å². The molecule has 0 spiro atoms. The summed E-state index contributed by atoms with van der Waals surface area (Å²) in [5, 5.41) is 5.38. The summed E-state index contributed by atoms with van der Waals surface area (Å²) in [5.41, 5.74) is 1.77. The average Bonchev–Trinajstić information content (AvgIpc) is 3.47. The molecule has 10 heteroatoms. The van der Waals surface area contributed by atoms with E-state index in [1.165, 1.54) is 21.7 Å². The minimum Gasteiger partial charge on any atom is -0.455 e. The standard InChI is InChI=1S/C19H20N4O4S2/c1-13-17(29(25,26)23-8-2-3-9-23)10-16(27-13)19(24)21-11-18-22-15(12-28-18)14-4-6-20-7-5-14/h4-7,10,12H,2-3,8-9,11H2,1H3,(H,21,24). The number of aromatic nitrogens is 2. The molecular formula is C19H20N4O4S2. The zero-order valence-electron chi connectivity index (χ0n) is 15.8. The molecular weight excluding hydrogens is 412 g/mol. The Labute approximate surface area is 172 Å². The monoisotopic (exact) mass is 432 g/mol. The molecule has 8 nitrogen and oxygen atoms in total. The van der Waals surface area contributed by atoms with Crippen molar-refractivity contribution in [2.75, 3.05) is 13.1 Å². The Hall–Kier alpha value is -2.56. The topological polar surface area (TPSA) is 105 Å². The van der Waals surface area contributed by atoms with Gasteiger partial charge in [0.15, 0.2) is 5.76 Å². The zero-order chi connectivity index (χ0) is 20.4. The van der Waals surface area contributed by atoms with Gasteiger partial charge in [0.25, 0.3) is 5.91 Å². The SMILES string of the molecule is Cc1oc(C(=O)NCc2nc(-c3ccncc3)cs2)cc1S(=O)(=O)N1CCCC1. The minimum absolute atomic E-state index is 0.0221. The Balaban J connectivity index is 1.44. The van der Waals surface area contributed by atoms with E-state index in [-0.39, 0.29) is 23.0 Å². The molecule has 0 aromatic carbocycles. The molecule has 3 aromatic rings. The molecule has 1 N–H and O–H groups in total. The normalized spacial score (nSPS) is 14.9. The van der Waals surface area contributed by atoms with Gasteiger partial charge in [-0.3, -0.25) is 9.78 Å². The van der Waals surface area contributed by atoms with Gasteiger partial charge in [-0.15, -0.1) is 11.3 Å². The molecule has 29 heavy (non-hydrogen) atoms. The van der Waals surface area contributed by atoms with Gasteiger partial charge in [-0.25, -0.2) is 13.4 Å². The number of amides is 1. The van der Waals surface area contributed by atoms with Crippen LogP contribution in [0.2, 0.25) is 0 Å². The molecule has 4 rings (SSSR count). The van der Waals surface area contributed by atoms with Crippen LogP contribution in [0.3, 0.4) is 0 Å². The first-order chi connectivity index (χ1) is 13.9. The number of pyridine rings is 1. The van der Waals surface area contributed by atoms with Gasteiger partial charge in [0.2, 0.25) is 10.0 Å². The predicted octanol–water partition coefficient (Wildman–Crippen LogP) is 2.82. The van der Waals surface area contributed by atoms with Crippen LogP contribution < -0.4 is 5.32 Å². The van der Waals surface area contributed by atoms with E-state index < -0.39 is 15.9 Å². The molecule has 0 atom stereocenters. The van der Waals surface area contributed by atoms with Crippen molar-refractivity contribution < 1.29 is 17.6 Å². The van der Waals surface area contributed by atoms with Crippen LogP contribution in [-0.2, 0) is 16.6 Å². The Bertz CT molecular complexity index is 1120. The number of sulfonamides is 1. The first kappa shape index (κ1) is 19.7. The van der Waals surface area contributed by atoms with Crippen LogP contribution in [0.1, 0.15) is 34.2 Å². The smallest absolute Gasteiger partial charge is 0.287 e. The largest absolute Gasteiger partial charge is 0.455 e. The third-order valence-electron chi connectivity index (χ3n) is 4.71. The number of hydrogen-bond acceptors (Lipinski definition) is 7. The lowest BCUT2D eigenvalue weighted by molar-refractivity contribution is 0.0922. The van der Waals surface area contributed by atoms with Crippen LogP contribution in [0, 0.1) is 6.92 Å². The molecule has 1 saturated heterocycles. The molecule has 1 amide bonds. The summed E-state index contributed by atoms with van der Waals surface area (Å²) in [6, 6.07) is 5.04. The molecule has 0 unspecified atom stereocenters. The molecule has 1 fully saturated rings.